The molecule has 0 atom stereocenters. The highest BCUT2D eigenvalue weighted by atomic mass is 32.2. The van der Waals surface area contributed by atoms with Gasteiger partial charge in [-0.2, -0.15) is 4.31 Å². The number of benzene rings is 2. The topological polar surface area (TPSA) is 86.7 Å². The second-order valence-corrected chi connectivity index (χ2v) is 7.00. The van der Waals surface area contributed by atoms with E-state index in [0.717, 1.165) is 9.87 Å². The van der Waals surface area contributed by atoms with E-state index in [1.807, 2.05) is 6.07 Å². The van der Waals surface area contributed by atoms with E-state index in [0.29, 0.717) is 5.56 Å². The molecule has 0 aliphatic carbocycles. The summed E-state index contributed by atoms with van der Waals surface area (Å²) in [6.45, 7) is -0.385. The summed E-state index contributed by atoms with van der Waals surface area (Å²) in [4.78, 5) is 11.4. The van der Waals surface area contributed by atoms with Crippen LogP contribution in [0.3, 0.4) is 0 Å². The van der Waals surface area contributed by atoms with Gasteiger partial charge in [0.1, 0.15) is 0 Å². The first-order valence-corrected chi connectivity index (χ1v) is 8.61. The molecule has 23 heavy (non-hydrogen) atoms. The average molecular weight is 334 g/mol. The predicted molar refractivity (Wildman–Crippen MR) is 85.8 cm³/mol. The highest BCUT2D eigenvalue weighted by Gasteiger charge is 2.25. The van der Waals surface area contributed by atoms with Gasteiger partial charge in [-0.3, -0.25) is 10.0 Å². The summed E-state index contributed by atoms with van der Waals surface area (Å²) in [6.07, 6.45) is 0. The molecule has 7 heteroatoms. The Labute approximate surface area is 135 Å². The van der Waals surface area contributed by atoms with E-state index in [9.17, 15) is 13.2 Å². The molecule has 122 valence electrons. The normalized spacial score (nSPS) is 11.4. The van der Waals surface area contributed by atoms with Crippen LogP contribution in [-0.2, 0) is 27.1 Å². The summed E-state index contributed by atoms with van der Waals surface area (Å²) >= 11 is 0. The van der Waals surface area contributed by atoms with Crippen molar-refractivity contribution in [1.82, 2.24) is 9.79 Å². The number of amides is 1. The molecule has 0 bridgehead atoms. The van der Waals surface area contributed by atoms with E-state index in [1.165, 1.54) is 5.48 Å². The molecule has 0 unspecified atom stereocenters. The van der Waals surface area contributed by atoms with Gasteiger partial charge < -0.3 is 0 Å². The van der Waals surface area contributed by atoms with Crippen LogP contribution in [0.2, 0.25) is 0 Å². The highest BCUT2D eigenvalue weighted by Crippen LogP contribution is 2.14. The Morgan fingerprint density at radius 1 is 0.957 bits per heavy atom. The molecule has 6 nitrogen and oxygen atoms in total. The van der Waals surface area contributed by atoms with Crippen molar-refractivity contribution in [1.29, 1.82) is 0 Å². The van der Waals surface area contributed by atoms with E-state index in [4.69, 9.17) is 5.21 Å². The minimum Gasteiger partial charge on any atom is -0.289 e. The summed E-state index contributed by atoms with van der Waals surface area (Å²) < 4.78 is 26.3. The van der Waals surface area contributed by atoms with Crippen LogP contribution in [-0.4, -0.2) is 30.4 Å². The minimum absolute atomic E-state index is 0.0590. The summed E-state index contributed by atoms with van der Waals surface area (Å²) in [5.74, 6) is -0.989. The van der Waals surface area contributed by atoms with Gasteiger partial charge >= 0.3 is 0 Å². The number of sulfonamides is 1. The average Bonchev–Trinajstić information content (AvgIpc) is 2.55. The van der Waals surface area contributed by atoms with Crippen LogP contribution in [0.4, 0.5) is 0 Å². The van der Waals surface area contributed by atoms with E-state index >= 15 is 0 Å². The third-order valence-corrected chi connectivity index (χ3v) is 4.97. The number of hydrogen-bond donors (Lipinski definition) is 2. The van der Waals surface area contributed by atoms with Crippen molar-refractivity contribution in [3.63, 3.8) is 0 Å². The number of hydroxylamine groups is 1. The van der Waals surface area contributed by atoms with Crippen LogP contribution < -0.4 is 5.48 Å². The number of rotatable bonds is 7. The van der Waals surface area contributed by atoms with Gasteiger partial charge in [0, 0.05) is 6.54 Å². The molecule has 0 aliphatic rings. The zero-order valence-corrected chi connectivity index (χ0v) is 13.2. The van der Waals surface area contributed by atoms with Crippen LogP contribution in [0.5, 0.6) is 0 Å². The van der Waals surface area contributed by atoms with Crippen LogP contribution in [0, 0.1) is 0 Å². The van der Waals surface area contributed by atoms with Gasteiger partial charge in [0.2, 0.25) is 10.0 Å². The van der Waals surface area contributed by atoms with E-state index in [-0.39, 0.29) is 12.3 Å². The molecule has 0 spiro atoms. The van der Waals surface area contributed by atoms with Gasteiger partial charge in [-0.05, 0) is 11.1 Å². The fourth-order valence-electron chi connectivity index (χ4n) is 2.11. The van der Waals surface area contributed by atoms with E-state index in [2.05, 4.69) is 0 Å². The SMILES string of the molecule is O=C(CN(Cc1ccccc1)S(=O)(=O)Cc1ccccc1)NO. The Kier molecular flexibility index (Phi) is 5.86. The maximum Gasteiger partial charge on any atom is 0.258 e. The summed E-state index contributed by atoms with van der Waals surface area (Å²) in [7, 11) is -3.72. The second-order valence-electron chi connectivity index (χ2n) is 5.03. The Morgan fingerprint density at radius 3 is 2.00 bits per heavy atom. The predicted octanol–water partition coefficient (Wildman–Crippen LogP) is 1.52. The maximum atomic E-state index is 12.6. The smallest absolute Gasteiger partial charge is 0.258 e. The standard InChI is InChI=1S/C16H18N2O4S/c19-16(17-20)12-18(11-14-7-3-1-4-8-14)23(21,22)13-15-9-5-2-6-10-15/h1-10,20H,11-13H2,(H,17,19). The third kappa shape index (κ3) is 5.17. The molecule has 0 saturated carbocycles. The Bertz CT molecular complexity index is 733. The first kappa shape index (κ1) is 17.1. The monoisotopic (exact) mass is 334 g/mol. The number of hydrogen-bond acceptors (Lipinski definition) is 4. The third-order valence-electron chi connectivity index (χ3n) is 3.23. The molecular weight excluding hydrogens is 316 g/mol. The van der Waals surface area contributed by atoms with E-state index in [1.54, 1.807) is 54.6 Å². The van der Waals surface area contributed by atoms with Crippen molar-refractivity contribution in [2.75, 3.05) is 6.54 Å². The second kappa shape index (κ2) is 7.87. The summed E-state index contributed by atoms with van der Waals surface area (Å²) in [5, 5.41) is 8.68. The fourth-order valence-corrected chi connectivity index (χ4v) is 3.57. The zero-order chi connectivity index (χ0) is 16.7. The maximum absolute atomic E-state index is 12.6. The highest BCUT2D eigenvalue weighted by molar-refractivity contribution is 7.88. The van der Waals surface area contributed by atoms with Crippen molar-refractivity contribution in [2.24, 2.45) is 0 Å². The van der Waals surface area contributed by atoms with Gasteiger partial charge in [-0.1, -0.05) is 60.7 Å². The van der Waals surface area contributed by atoms with Gasteiger partial charge in [0.15, 0.2) is 0 Å². The molecule has 0 aliphatic heterocycles. The quantitative estimate of drug-likeness (QED) is 0.594. The molecule has 0 aromatic heterocycles. The largest absolute Gasteiger partial charge is 0.289 e. The van der Waals surface area contributed by atoms with Crippen molar-refractivity contribution in [3.05, 3.63) is 71.8 Å². The zero-order valence-electron chi connectivity index (χ0n) is 12.4. The van der Waals surface area contributed by atoms with Crippen LogP contribution >= 0.6 is 0 Å². The lowest BCUT2D eigenvalue weighted by molar-refractivity contribution is -0.129. The lowest BCUT2D eigenvalue weighted by Gasteiger charge is -2.21. The lowest BCUT2D eigenvalue weighted by atomic mass is 10.2. The molecule has 0 heterocycles. The molecule has 2 aromatic carbocycles. The van der Waals surface area contributed by atoms with Crippen LogP contribution in [0.15, 0.2) is 60.7 Å². The van der Waals surface area contributed by atoms with Crippen LogP contribution in [0.1, 0.15) is 11.1 Å². The molecule has 0 saturated heterocycles. The first-order valence-electron chi connectivity index (χ1n) is 7.00. The molecule has 2 rings (SSSR count). The van der Waals surface area contributed by atoms with Crippen molar-refractivity contribution < 1.29 is 18.4 Å². The van der Waals surface area contributed by atoms with Gasteiger partial charge in [0.05, 0.1) is 12.3 Å². The molecule has 2 aromatic rings. The first-order chi connectivity index (χ1) is 11.0. The van der Waals surface area contributed by atoms with Crippen LogP contribution in [0.25, 0.3) is 0 Å². The lowest BCUT2D eigenvalue weighted by Crippen LogP contribution is -2.39. The van der Waals surface area contributed by atoms with Crippen molar-refractivity contribution in [3.8, 4) is 0 Å². The minimum atomic E-state index is -3.72. The Balaban J connectivity index is 2.22. The van der Waals surface area contributed by atoms with Gasteiger partial charge in [0.25, 0.3) is 5.91 Å². The van der Waals surface area contributed by atoms with Gasteiger partial charge in [-0.25, -0.2) is 13.9 Å². The summed E-state index contributed by atoms with van der Waals surface area (Å²) in [5.41, 5.74) is 2.87. The number of nitrogens with zero attached hydrogens (tertiary/aromatic N) is 1. The van der Waals surface area contributed by atoms with Crippen molar-refractivity contribution in [2.45, 2.75) is 12.3 Å². The number of carbonyl (C=O) groups is 1. The number of nitrogens with one attached hydrogen (secondary N) is 1. The molecule has 0 fully saturated rings. The molecule has 1 amide bonds. The van der Waals surface area contributed by atoms with Gasteiger partial charge in [-0.15, -0.1) is 0 Å². The van der Waals surface area contributed by atoms with E-state index < -0.39 is 22.5 Å². The summed E-state index contributed by atoms with van der Waals surface area (Å²) in [6, 6.07) is 17.7. The Morgan fingerprint density at radius 2 is 1.48 bits per heavy atom. The molecular formula is C16H18N2O4S. The van der Waals surface area contributed by atoms with Crippen molar-refractivity contribution >= 4 is 15.9 Å². The molecule has 2 N–H and O–H groups in total. The Hall–Kier alpha value is -2.22. The fraction of sp³-hybridized carbons (Fsp3) is 0.188. The number of carbonyl (C=O) groups excluding carboxylic acids is 1. The molecule has 0 radical (unpaired) electrons.